The van der Waals surface area contributed by atoms with Gasteiger partial charge in [-0.15, -0.1) is 0 Å². The van der Waals surface area contributed by atoms with E-state index in [0.717, 1.165) is 19.5 Å². The second-order valence-corrected chi connectivity index (χ2v) is 5.97. The molecule has 0 aliphatic carbocycles. The molecule has 1 aliphatic heterocycles. The molecule has 1 N–H and O–H groups in total. The highest BCUT2D eigenvalue weighted by Crippen LogP contribution is 2.24. The molecule has 0 saturated carbocycles. The van der Waals surface area contributed by atoms with Gasteiger partial charge in [-0.1, -0.05) is 27.7 Å². The number of alkyl halides is 1. The smallest absolute Gasteiger partial charge is 0.222 e. The topological polar surface area (TPSA) is 32.3 Å². The van der Waals surface area contributed by atoms with Crippen LogP contribution in [0.2, 0.25) is 0 Å². The SMILES string of the molecule is CC(C)C(=O)N[C@H](C(C)C)[C@@H]1CCN(CCF)C1. The number of carbonyl (C=O) groups excluding carboxylic acids is 1. The number of carbonyl (C=O) groups is 1. The monoisotopic (exact) mass is 258 g/mol. The fourth-order valence-electron chi connectivity index (χ4n) is 2.64. The average Bonchev–Trinajstić information content (AvgIpc) is 2.73. The normalized spacial score (nSPS) is 22.7. The van der Waals surface area contributed by atoms with Crippen molar-refractivity contribution in [3.63, 3.8) is 0 Å². The van der Waals surface area contributed by atoms with Gasteiger partial charge in [-0.3, -0.25) is 4.79 Å². The van der Waals surface area contributed by atoms with E-state index in [4.69, 9.17) is 0 Å². The van der Waals surface area contributed by atoms with Gasteiger partial charge < -0.3 is 10.2 Å². The molecule has 1 heterocycles. The molecule has 1 aliphatic rings. The average molecular weight is 258 g/mol. The molecule has 1 saturated heterocycles. The number of amides is 1. The highest BCUT2D eigenvalue weighted by atomic mass is 19.1. The summed E-state index contributed by atoms with van der Waals surface area (Å²) in [7, 11) is 0. The summed E-state index contributed by atoms with van der Waals surface area (Å²) >= 11 is 0. The summed E-state index contributed by atoms with van der Waals surface area (Å²) in [4.78, 5) is 14.0. The second-order valence-electron chi connectivity index (χ2n) is 5.97. The molecule has 0 aromatic rings. The van der Waals surface area contributed by atoms with E-state index in [-0.39, 0.29) is 24.5 Å². The molecule has 1 fully saturated rings. The lowest BCUT2D eigenvalue weighted by atomic mass is 9.89. The van der Waals surface area contributed by atoms with Crippen LogP contribution in [0.3, 0.4) is 0 Å². The van der Waals surface area contributed by atoms with Crippen molar-refractivity contribution in [3.8, 4) is 0 Å². The molecule has 0 radical (unpaired) electrons. The third-order valence-electron chi connectivity index (χ3n) is 3.77. The van der Waals surface area contributed by atoms with Crippen molar-refractivity contribution in [2.45, 2.75) is 40.2 Å². The summed E-state index contributed by atoms with van der Waals surface area (Å²) < 4.78 is 12.3. The zero-order chi connectivity index (χ0) is 13.7. The Morgan fingerprint density at radius 2 is 2.06 bits per heavy atom. The Labute approximate surface area is 110 Å². The number of rotatable bonds is 6. The zero-order valence-electron chi connectivity index (χ0n) is 12.1. The molecule has 18 heavy (non-hydrogen) atoms. The van der Waals surface area contributed by atoms with Crippen LogP contribution < -0.4 is 5.32 Å². The second kappa shape index (κ2) is 7.07. The van der Waals surface area contributed by atoms with Gasteiger partial charge in [0.05, 0.1) is 0 Å². The van der Waals surface area contributed by atoms with E-state index in [1.807, 2.05) is 13.8 Å². The standard InChI is InChI=1S/C14H27FN2O/c1-10(2)13(16-14(18)11(3)4)12-5-7-17(9-12)8-6-15/h10-13H,5-9H2,1-4H3,(H,16,18)/t12-,13-/m1/s1. The molecule has 106 valence electrons. The highest BCUT2D eigenvalue weighted by Gasteiger charge is 2.32. The quantitative estimate of drug-likeness (QED) is 0.791. The van der Waals surface area contributed by atoms with Gasteiger partial charge in [0.15, 0.2) is 0 Å². The summed E-state index contributed by atoms with van der Waals surface area (Å²) in [5.74, 6) is 1.02. The number of hydrogen-bond acceptors (Lipinski definition) is 2. The zero-order valence-corrected chi connectivity index (χ0v) is 12.1. The molecule has 1 amide bonds. The van der Waals surface area contributed by atoms with E-state index in [1.165, 1.54) is 0 Å². The van der Waals surface area contributed by atoms with Crippen molar-refractivity contribution in [2.24, 2.45) is 17.8 Å². The molecule has 0 aromatic carbocycles. The fourth-order valence-corrected chi connectivity index (χ4v) is 2.64. The maximum Gasteiger partial charge on any atom is 0.222 e. The van der Waals surface area contributed by atoms with E-state index in [9.17, 15) is 9.18 Å². The van der Waals surface area contributed by atoms with Crippen molar-refractivity contribution < 1.29 is 9.18 Å². The van der Waals surface area contributed by atoms with E-state index >= 15 is 0 Å². The Kier molecular flexibility index (Phi) is 6.06. The lowest BCUT2D eigenvalue weighted by Crippen LogP contribution is -2.46. The number of hydrogen-bond donors (Lipinski definition) is 1. The van der Waals surface area contributed by atoms with Gasteiger partial charge in [0.25, 0.3) is 0 Å². The van der Waals surface area contributed by atoms with E-state index < -0.39 is 0 Å². The van der Waals surface area contributed by atoms with Crippen molar-refractivity contribution in [1.29, 1.82) is 0 Å². The summed E-state index contributed by atoms with van der Waals surface area (Å²) in [5.41, 5.74) is 0. The number of nitrogens with zero attached hydrogens (tertiary/aromatic N) is 1. The highest BCUT2D eigenvalue weighted by molar-refractivity contribution is 5.78. The minimum atomic E-state index is -0.280. The van der Waals surface area contributed by atoms with Gasteiger partial charge in [0.2, 0.25) is 5.91 Å². The van der Waals surface area contributed by atoms with Crippen LogP contribution in [-0.4, -0.2) is 43.2 Å². The number of likely N-dealkylation sites (tertiary alicyclic amines) is 1. The molecule has 0 bridgehead atoms. The first-order chi connectivity index (χ1) is 8.45. The molecule has 1 rings (SSSR count). The van der Waals surface area contributed by atoms with Gasteiger partial charge in [-0.05, 0) is 24.8 Å². The van der Waals surface area contributed by atoms with Crippen molar-refractivity contribution in [1.82, 2.24) is 10.2 Å². The lowest BCUT2D eigenvalue weighted by Gasteiger charge is -2.29. The van der Waals surface area contributed by atoms with E-state index in [0.29, 0.717) is 18.4 Å². The predicted molar refractivity (Wildman–Crippen MR) is 72.1 cm³/mol. The van der Waals surface area contributed by atoms with Gasteiger partial charge in [0.1, 0.15) is 6.67 Å². The molecule has 2 atom stereocenters. The van der Waals surface area contributed by atoms with Gasteiger partial charge in [0, 0.05) is 25.0 Å². The molecule has 3 nitrogen and oxygen atoms in total. The minimum Gasteiger partial charge on any atom is -0.353 e. The van der Waals surface area contributed by atoms with Gasteiger partial charge >= 0.3 is 0 Å². The van der Waals surface area contributed by atoms with Crippen LogP contribution in [0.1, 0.15) is 34.1 Å². The largest absolute Gasteiger partial charge is 0.353 e. The Balaban J connectivity index is 2.55. The third-order valence-corrected chi connectivity index (χ3v) is 3.77. The van der Waals surface area contributed by atoms with Crippen LogP contribution in [0.15, 0.2) is 0 Å². The fraction of sp³-hybridized carbons (Fsp3) is 0.929. The maximum atomic E-state index is 12.3. The Bertz CT molecular complexity index is 269. The molecule has 0 unspecified atom stereocenters. The van der Waals surface area contributed by atoms with Gasteiger partial charge in [-0.2, -0.15) is 0 Å². The molecular weight excluding hydrogens is 231 g/mol. The van der Waals surface area contributed by atoms with Crippen molar-refractivity contribution in [2.75, 3.05) is 26.3 Å². The van der Waals surface area contributed by atoms with E-state index in [2.05, 4.69) is 24.1 Å². The maximum absolute atomic E-state index is 12.3. The lowest BCUT2D eigenvalue weighted by molar-refractivity contribution is -0.125. The number of nitrogens with one attached hydrogen (secondary N) is 1. The summed E-state index contributed by atoms with van der Waals surface area (Å²) in [5, 5.41) is 3.16. The van der Waals surface area contributed by atoms with E-state index in [1.54, 1.807) is 0 Å². The Hall–Kier alpha value is -0.640. The Morgan fingerprint density at radius 1 is 1.39 bits per heavy atom. The van der Waals surface area contributed by atoms with Crippen LogP contribution in [0.25, 0.3) is 0 Å². The molecule has 0 spiro atoms. The Morgan fingerprint density at radius 3 is 2.56 bits per heavy atom. The van der Waals surface area contributed by atoms with Crippen LogP contribution in [-0.2, 0) is 4.79 Å². The first-order valence-corrected chi connectivity index (χ1v) is 7.04. The minimum absolute atomic E-state index is 0.0228. The van der Waals surface area contributed by atoms with Crippen LogP contribution in [0.5, 0.6) is 0 Å². The van der Waals surface area contributed by atoms with Gasteiger partial charge in [-0.25, -0.2) is 4.39 Å². The van der Waals surface area contributed by atoms with Crippen LogP contribution in [0, 0.1) is 17.8 Å². The summed E-state index contributed by atoms with van der Waals surface area (Å²) in [6.45, 7) is 10.2. The summed E-state index contributed by atoms with van der Waals surface area (Å²) in [6, 6.07) is 0.213. The van der Waals surface area contributed by atoms with Crippen molar-refractivity contribution in [3.05, 3.63) is 0 Å². The number of halogens is 1. The predicted octanol–water partition coefficient (Wildman–Crippen LogP) is 2.07. The summed E-state index contributed by atoms with van der Waals surface area (Å²) in [6.07, 6.45) is 1.06. The molecule has 4 heteroatoms. The first kappa shape index (κ1) is 15.4. The molecular formula is C14H27FN2O. The first-order valence-electron chi connectivity index (χ1n) is 7.04. The third kappa shape index (κ3) is 4.23. The molecule has 0 aromatic heterocycles. The van der Waals surface area contributed by atoms with Crippen LogP contribution >= 0.6 is 0 Å². The van der Waals surface area contributed by atoms with Crippen LogP contribution in [0.4, 0.5) is 4.39 Å². The van der Waals surface area contributed by atoms with Crippen molar-refractivity contribution >= 4 is 5.91 Å².